The molecule has 0 spiro atoms. The Morgan fingerprint density at radius 2 is 1.13 bits per heavy atom. The summed E-state index contributed by atoms with van der Waals surface area (Å²) >= 11 is 0. The number of H-pyrrole nitrogens is 2. The SMILES string of the molecule is O=C(N[C@H]1CCc2cc(-c3noc(=O)[nH]3)ccc21)c1nc(C(=O)O)n2nccc2n1.O=C(O)c1nc(C(=O)N[C@H]2CCc3cc(-c4noc(=O)[nH]4)ccc32)n2nccc2n1. The molecule has 24 nitrogen and oxygen atoms in total. The third-order valence-electron chi connectivity index (χ3n) is 9.78. The summed E-state index contributed by atoms with van der Waals surface area (Å²) in [7, 11) is 0. The van der Waals surface area contributed by atoms with Crippen LogP contribution in [0.1, 0.15) is 89.7 Å². The number of aromatic carboxylic acids is 2. The van der Waals surface area contributed by atoms with Crippen LogP contribution in [-0.4, -0.2) is 93.4 Å². The van der Waals surface area contributed by atoms with Gasteiger partial charge >= 0.3 is 23.5 Å². The topological polar surface area (TPSA) is 337 Å². The zero-order valence-corrected chi connectivity index (χ0v) is 30.4. The second-order valence-corrected chi connectivity index (χ2v) is 13.4. The summed E-state index contributed by atoms with van der Waals surface area (Å²) < 4.78 is 11.3. The van der Waals surface area contributed by atoms with Gasteiger partial charge in [0.25, 0.3) is 11.8 Å². The lowest BCUT2D eigenvalue weighted by Gasteiger charge is -2.14. The Bertz CT molecular complexity index is 3160. The van der Waals surface area contributed by atoms with Gasteiger partial charge in [0.05, 0.1) is 24.5 Å². The molecule has 300 valence electrons. The number of rotatable bonds is 8. The fourth-order valence-electron chi connectivity index (χ4n) is 7.12. The number of carboxylic acid groups (broad SMARTS) is 2. The van der Waals surface area contributed by atoms with Crippen LogP contribution in [0.5, 0.6) is 0 Å². The summed E-state index contributed by atoms with van der Waals surface area (Å²) in [5.41, 5.74) is 5.67. The summed E-state index contributed by atoms with van der Waals surface area (Å²) in [4.78, 5) is 91.3. The Hall–Kier alpha value is -8.70. The van der Waals surface area contributed by atoms with Crippen LogP contribution >= 0.6 is 0 Å². The highest BCUT2D eigenvalue weighted by Crippen LogP contribution is 2.35. The number of hydrogen-bond acceptors (Lipinski definition) is 16. The molecule has 60 heavy (non-hydrogen) atoms. The smallest absolute Gasteiger partial charge is 0.439 e. The quantitative estimate of drug-likeness (QED) is 0.125. The largest absolute Gasteiger partial charge is 0.475 e. The molecule has 10 rings (SSSR count). The Balaban J connectivity index is 0.000000154. The maximum Gasteiger partial charge on any atom is 0.439 e. The molecule has 2 atom stereocenters. The number of carbonyl (C=O) groups is 4. The van der Waals surface area contributed by atoms with Crippen LogP contribution in [0.3, 0.4) is 0 Å². The molecule has 0 fully saturated rings. The van der Waals surface area contributed by atoms with Gasteiger partial charge in [0.2, 0.25) is 23.3 Å². The molecule has 2 aliphatic rings. The number of nitrogens with zero attached hydrogens (tertiary/aromatic N) is 10. The first-order valence-corrected chi connectivity index (χ1v) is 17.9. The van der Waals surface area contributed by atoms with Crippen LogP contribution in [-0.2, 0) is 12.8 Å². The highest BCUT2D eigenvalue weighted by Gasteiger charge is 2.29. The number of carboxylic acids is 2. The molecule has 8 aromatic rings. The van der Waals surface area contributed by atoms with Crippen molar-refractivity contribution in [3.8, 4) is 22.8 Å². The average molecular weight is 815 g/mol. The van der Waals surface area contributed by atoms with E-state index < -0.39 is 46.9 Å². The van der Waals surface area contributed by atoms with E-state index in [4.69, 9.17) is 0 Å². The number of aryl methyl sites for hydroxylation is 2. The summed E-state index contributed by atoms with van der Waals surface area (Å²) in [6.45, 7) is 0. The molecule has 2 aliphatic carbocycles. The Labute approximate surface area is 331 Å². The summed E-state index contributed by atoms with van der Waals surface area (Å²) in [6, 6.07) is 13.4. The predicted molar refractivity (Wildman–Crippen MR) is 198 cm³/mol. The van der Waals surface area contributed by atoms with Crippen molar-refractivity contribution in [1.29, 1.82) is 0 Å². The molecular weight excluding hydrogens is 788 g/mol. The van der Waals surface area contributed by atoms with Crippen LogP contribution in [0.2, 0.25) is 0 Å². The van der Waals surface area contributed by atoms with Gasteiger partial charge in [-0.2, -0.15) is 29.2 Å². The Morgan fingerprint density at radius 1 is 0.633 bits per heavy atom. The lowest BCUT2D eigenvalue weighted by Crippen LogP contribution is -2.31. The zero-order chi connectivity index (χ0) is 41.7. The van der Waals surface area contributed by atoms with Crippen molar-refractivity contribution in [2.45, 2.75) is 37.8 Å². The third kappa shape index (κ3) is 6.88. The highest BCUT2D eigenvalue weighted by atomic mass is 16.5. The second-order valence-electron chi connectivity index (χ2n) is 13.4. The first-order chi connectivity index (χ1) is 29.0. The normalized spacial score (nSPS) is 15.3. The maximum atomic E-state index is 12.9. The first-order valence-electron chi connectivity index (χ1n) is 17.9. The minimum absolute atomic E-state index is 0.160. The van der Waals surface area contributed by atoms with Crippen LogP contribution in [0.25, 0.3) is 34.1 Å². The van der Waals surface area contributed by atoms with Gasteiger partial charge in [0.1, 0.15) is 0 Å². The van der Waals surface area contributed by atoms with Gasteiger partial charge in [0, 0.05) is 23.3 Å². The van der Waals surface area contributed by atoms with Crippen molar-refractivity contribution in [2.75, 3.05) is 0 Å². The van der Waals surface area contributed by atoms with E-state index in [2.05, 4.69) is 70.1 Å². The van der Waals surface area contributed by atoms with Crippen LogP contribution in [0.15, 0.2) is 79.6 Å². The van der Waals surface area contributed by atoms with Gasteiger partial charge in [-0.05, 0) is 60.1 Å². The van der Waals surface area contributed by atoms with E-state index in [1.165, 1.54) is 29.0 Å². The highest BCUT2D eigenvalue weighted by molar-refractivity contribution is 5.94. The fourth-order valence-corrected chi connectivity index (χ4v) is 7.12. The van der Waals surface area contributed by atoms with E-state index in [0.29, 0.717) is 48.5 Å². The molecule has 2 amide bonds. The van der Waals surface area contributed by atoms with Gasteiger partial charge < -0.3 is 20.8 Å². The zero-order valence-electron chi connectivity index (χ0n) is 30.4. The maximum absolute atomic E-state index is 12.9. The van der Waals surface area contributed by atoms with Crippen LogP contribution in [0, 0.1) is 0 Å². The molecule has 0 saturated carbocycles. The molecule has 24 heteroatoms. The van der Waals surface area contributed by atoms with Crippen molar-refractivity contribution < 1.29 is 38.4 Å². The molecule has 6 N–H and O–H groups in total. The molecule has 0 radical (unpaired) electrons. The summed E-state index contributed by atoms with van der Waals surface area (Å²) in [5, 5.41) is 39.5. The van der Waals surface area contributed by atoms with E-state index >= 15 is 0 Å². The molecular formula is C36H26N14O10. The second kappa shape index (κ2) is 14.7. The van der Waals surface area contributed by atoms with Crippen molar-refractivity contribution in [2.24, 2.45) is 0 Å². The number of aromatic amines is 2. The number of benzene rings is 2. The van der Waals surface area contributed by atoms with E-state index in [1.807, 2.05) is 24.3 Å². The number of amides is 2. The lowest BCUT2D eigenvalue weighted by molar-refractivity contribution is 0.0669. The number of hydrogen-bond donors (Lipinski definition) is 6. The average Bonchev–Trinajstić information content (AvgIpc) is 4.10. The summed E-state index contributed by atoms with van der Waals surface area (Å²) in [6.07, 6.45) is 5.51. The Kier molecular flexibility index (Phi) is 9.02. The van der Waals surface area contributed by atoms with Crippen molar-refractivity contribution >= 4 is 35.0 Å². The lowest BCUT2D eigenvalue weighted by atomic mass is 10.0. The monoisotopic (exact) mass is 814 g/mol. The van der Waals surface area contributed by atoms with E-state index in [1.54, 1.807) is 12.1 Å². The number of nitrogens with one attached hydrogen (secondary N) is 4. The molecule has 0 unspecified atom stereocenters. The van der Waals surface area contributed by atoms with Gasteiger partial charge in [-0.15, -0.1) is 0 Å². The Morgan fingerprint density at radius 3 is 1.63 bits per heavy atom. The van der Waals surface area contributed by atoms with Crippen LogP contribution in [0.4, 0.5) is 0 Å². The van der Waals surface area contributed by atoms with Crippen molar-refractivity contribution in [3.05, 3.63) is 128 Å². The van der Waals surface area contributed by atoms with Gasteiger partial charge in [-0.1, -0.05) is 34.6 Å². The van der Waals surface area contributed by atoms with Gasteiger partial charge in [0.15, 0.2) is 22.9 Å². The van der Waals surface area contributed by atoms with E-state index in [0.717, 1.165) is 26.8 Å². The molecule has 2 aromatic carbocycles. The first kappa shape index (κ1) is 36.9. The van der Waals surface area contributed by atoms with E-state index in [9.17, 15) is 39.0 Å². The molecule has 6 aromatic heterocycles. The third-order valence-corrected chi connectivity index (χ3v) is 9.78. The standard InChI is InChI=1S/2C18H13N7O5/c26-16(15-22-14(17(27)28)21-12-5-6-19-25(12)15)20-11-4-2-8-7-9(1-3-10(8)11)13-23-18(29)30-24-13;26-16(14-21-12-5-6-19-25(12)15(22-14)17(27)28)20-11-4-2-8-7-9(1-3-10(8)11)13-23-18(29)30-24-13/h2*1,3,5-7,11H,2,4H2,(H,20,26)(H,27,28)(H,23,24,29)/t2*11-/m00/s1. The van der Waals surface area contributed by atoms with Crippen molar-refractivity contribution in [3.63, 3.8) is 0 Å². The van der Waals surface area contributed by atoms with Crippen molar-refractivity contribution in [1.82, 2.24) is 70.1 Å². The van der Waals surface area contributed by atoms with E-state index in [-0.39, 0.29) is 35.0 Å². The summed E-state index contributed by atoms with van der Waals surface area (Å²) in [5.74, 6) is -5.67. The molecule has 0 bridgehead atoms. The number of fused-ring (bicyclic) bond motifs is 4. The number of carbonyl (C=O) groups excluding carboxylic acids is 2. The van der Waals surface area contributed by atoms with Gasteiger partial charge in [-0.25, -0.2) is 29.1 Å². The predicted octanol–water partition coefficient (Wildman–Crippen LogP) is 1.17. The minimum Gasteiger partial charge on any atom is -0.475 e. The molecule has 6 heterocycles. The minimum atomic E-state index is -1.34. The molecule has 0 aliphatic heterocycles. The fraction of sp³-hybridized carbons (Fsp3) is 0.167. The number of aromatic nitrogens is 12. The van der Waals surface area contributed by atoms with Crippen LogP contribution < -0.4 is 22.1 Å². The molecule has 0 saturated heterocycles. The van der Waals surface area contributed by atoms with Gasteiger partial charge in [-0.3, -0.25) is 28.6 Å².